The van der Waals surface area contributed by atoms with E-state index in [4.69, 9.17) is 10.8 Å². The first-order chi connectivity index (χ1) is 8.59. The molecule has 1 amide bonds. The monoisotopic (exact) mass is 248 g/mol. The summed E-state index contributed by atoms with van der Waals surface area (Å²) in [6, 6.07) is 8.40. The van der Waals surface area contributed by atoms with Crippen molar-refractivity contribution in [2.45, 2.75) is 31.5 Å². The minimum Gasteiger partial charge on any atom is -0.480 e. The molecule has 0 saturated carbocycles. The summed E-state index contributed by atoms with van der Waals surface area (Å²) in [5.41, 5.74) is 6.31. The number of hydrogen-bond donors (Lipinski definition) is 2. The highest BCUT2D eigenvalue weighted by molar-refractivity contribution is 5.83. The fourth-order valence-corrected chi connectivity index (χ4v) is 2.45. The van der Waals surface area contributed by atoms with E-state index in [1.165, 1.54) is 0 Å². The molecule has 1 aromatic carbocycles. The zero-order valence-electron chi connectivity index (χ0n) is 9.95. The summed E-state index contributed by atoms with van der Waals surface area (Å²) in [4.78, 5) is 24.2. The second-order valence-electron chi connectivity index (χ2n) is 4.51. The summed E-state index contributed by atoms with van der Waals surface area (Å²) in [6.45, 7) is 0.436. The van der Waals surface area contributed by atoms with Gasteiger partial charge in [-0.1, -0.05) is 30.3 Å². The minimum atomic E-state index is -0.894. The molecule has 2 rings (SSSR count). The lowest BCUT2D eigenvalue weighted by Gasteiger charge is -2.26. The van der Waals surface area contributed by atoms with Crippen molar-refractivity contribution in [3.8, 4) is 0 Å². The molecule has 1 aliphatic heterocycles. The molecule has 3 N–H and O–H groups in total. The van der Waals surface area contributed by atoms with Crippen LogP contribution in [-0.4, -0.2) is 34.0 Å². The fraction of sp³-hybridized carbons (Fsp3) is 0.385. The smallest absolute Gasteiger partial charge is 0.320 e. The van der Waals surface area contributed by atoms with Crippen LogP contribution in [0.2, 0.25) is 0 Å². The summed E-state index contributed by atoms with van der Waals surface area (Å²) in [5.74, 6) is -1.34. The molecular formula is C13H16N2O3. The predicted octanol–water partition coefficient (Wildman–Crippen LogP) is 0.589. The number of hydrogen-bond acceptors (Lipinski definition) is 3. The van der Waals surface area contributed by atoms with Gasteiger partial charge < -0.3 is 10.8 Å². The fourth-order valence-electron chi connectivity index (χ4n) is 2.45. The van der Waals surface area contributed by atoms with Gasteiger partial charge in [-0.15, -0.1) is 0 Å². The number of carboxylic acids is 1. The summed E-state index contributed by atoms with van der Waals surface area (Å²) in [6.07, 6.45) is 0.981. The van der Waals surface area contributed by atoms with E-state index in [0.29, 0.717) is 19.4 Å². The second-order valence-corrected chi connectivity index (χ2v) is 4.51. The van der Waals surface area contributed by atoms with E-state index in [2.05, 4.69) is 0 Å². The molecule has 96 valence electrons. The minimum absolute atomic E-state index is 0.436. The van der Waals surface area contributed by atoms with Gasteiger partial charge in [0.15, 0.2) is 0 Å². The van der Waals surface area contributed by atoms with E-state index in [9.17, 15) is 9.59 Å². The maximum Gasteiger partial charge on any atom is 0.320 e. The largest absolute Gasteiger partial charge is 0.480 e. The summed E-state index contributed by atoms with van der Waals surface area (Å²) < 4.78 is 0. The number of aliphatic carboxylic acids is 1. The standard InChI is InChI=1S/C13H16N2O3/c14-12(16)10-6-7-11(13(17)18)15(10)8-9-4-2-1-3-5-9/h1-5,10-11H,6-8H2,(H2,14,16)(H,17,18)/t10-,11-/m0/s1. The van der Waals surface area contributed by atoms with Gasteiger partial charge in [-0.05, 0) is 18.4 Å². The number of likely N-dealkylation sites (tertiary alicyclic amines) is 1. The van der Waals surface area contributed by atoms with Crippen LogP contribution in [0.3, 0.4) is 0 Å². The highest BCUT2D eigenvalue weighted by atomic mass is 16.4. The van der Waals surface area contributed by atoms with Crippen LogP contribution in [0.25, 0.3) is 0 Å². The number of benzene rings is 1. The first kappa shape index (κ1) is 12.6. The van der Waals surface area contributed by atoms with Crippen molar-refractivity contribution in [1.29, 1.82) is 0 Å². The van der Waals surface area contributed by atoms with Crippen molar-refractivity contribution in [1.82, 2.24) is 4.90 Å². The first-order valence-electron chi connectivity index (χ1n) is 5.91. The maximum atomic E-state index is 11.4. The quantitative estimate of drug-likeness (QED) is 0.816. The lowest BCUT2D eigenvalue weighted by atomic mass is 10.1. The first-order valence-corrected chi connectivity index (χ1v) is 5.91. The topological polar surface area (TPSA) is 83.6 Å². The van der Waals surface area contributed by atoms with Crippen molar-refractivity contribution in [3.05, 3.63) is 35.9 Å². The van der Waals surface area contributed by atoms with Crippen molar-refractivity contribution >= 4 is 11.9 Å². The van der Waals surface area contributed by atoms with Gasteiger partial charge in [-0.25, -0.2) is 0 Å². The van der Waals surface area contributed by atoms with Gasteiger partial charge in [-0.2, -0.15) is 0 Å². The second kappa shape index (κ2) is 5.18. The van der Waals surface area contributed by atoms with Crippen LogP contribution in [0, 0.1) is 0 Å². The zero-order chi connectivity index (χ0) is 13.1. The number of carboxylic acid groups (broad SMARTS) is 1. The molecule has 0 radical (unpaired) electrons. The van der Waals surface area contributed by atoms with Crippen LogP contribution in [0.5, 0.6) is 0 Å². The van der Waals surface area contributed by atoms with Crippen LogP contribution >= 0.6 is 0 Å². The molecule has 1 fully saturated rings. The van der Waals surface area contributed by atoms with E-state index in [-0.39, 0.29) is 0 Å². The van der Waals surface area contributed by atoms with Crippen molar-refractivity contribution in [3.63, 3.8) is 0 Å². The van der Waals surface area contributed by atoms with Crippen LogP contribution in [0.15, 0.2) is 30.3 Å². The normalized spacial score (nSPS) is 24.0. The van der Waals surface area contributed by atoms with Gasteiger partial charge in [0.05, 0.1) is 6.04 Å². The Labute approximate surface area is 105 Å². The number of carbonyl (C=O) groups excluding carboxylic acids is 1. The molecule has 0 spiro atoms. The summed E-state index contributed by atoms with van der Waals surface area (Å²) in [5, 5.41) is 9.17. The molecule has 0 bridgehead atoms. The van der Waals surface area contributed by atoms with Crippen molar-refractivity contribution in [2.75, 3.05) is 0 Å². The van der Waals surface area contributed by atoms with Crippen LogP contribution in [-0.2, 0) is 16.1 Å². The molecule has 1 aromatic rings. The summed E-state index contributed by atoms with van der Waals surface area (Å²) >= 11 is 0. The van der Waals surface area contributed by atoms with E-state index in [0.717, 1.165) is 5.56 Å². The van der Waals surface area contributed by atoms with Crippen molar-refractivity contribution in [2.24, 2.45) is 5.73 Å². The Morgan fingerprint density at radius 1 is 1.22 bits per heavy atom. The number of amides is 1. The van der Waals surface area contributed by atoms with E-state index >= 15 is 0 Å². The highest BCUT2D eigenvalue weighted by Gasteiger charge is 2.40. The molecule has 1 saturated heterocycles. The SMILES string of the molecule is NC(=O)[C@@H]1CC[C@@H](C(=O)O)N1Cc1ccccc1. The molecule has 1 heterocycles. The third-order valence-corrected chi connectivity index (χ3v) is 3.34. The molecule has 0 aliphatic carbocycles. The Morgan fingerprint density at radius 3 is 2.39 bits per heavy atom. The van der Waals surface area contributed by atoms with Crippen LogP contribution in [0.4, 0.5) is 0 Å². The number of primary amides is 1. The average Bonchev–Trinajstić information content (AvgIpc) is 2.74. The van der Waals surface area contributed by atoms with Gasteiger partial charge in [-0.3, -0.25) is 14.5 Å². The van der Waals surface area contributed by atoms with Gasteiger partial charge in [0.2, 0.25) is 5.91 Å². The molecule has 18 heavy (non-hydrogen) atoms. The Morgan fingerprint density at radius 2 is 1.83 bits per heavy atom. The van der Waals surface area contributed by atoms with E-state index < -0.39 is 24.0 Å². The van der Waals surface area contributed by atoms with E-state index in [1.807, 2.05) is 30.3 Å². The highest BCUT2D eigenvalue weighted by Crippen LogP contribution is 2.26. The number of nitrogens with two attached hydrogens (primary N) is 1. The number of rotatable bonds is 4. The lowest BCUT2D eigenvalue weighted by Crippen LogP contribution is -2.45. The molecule has 0 unspecified atom stereocenters. The lowest BCUT2D eigenvalue weighted by molar-refractivity contribution is -0.143. The Hall–Kier alpha value is -1.88. The number of carbonyl (C=O) groups is 2. The third-order valence-electron chi connectivity index (χ3n) is 3.34. The summed E-state index contributed by atoms with van der Waals surface area (Å²) in [7, 11) is 0. The third kappa shape index (κ3) is 2.51. The zero-order valence-corrected chi connectivity index (χ0v) is 9.95. The average molecular weight is 248 g/mol. The predicted molar refractivity (Wildman–Crippen MR) is 65.6 cm³/mol. The van der Waals surface area contributed by atoms with E-state index in [1.54, 1.807) is 4.90 Å². The Kier molecular flexibility index (Phi) is 3.62. The number of nitrogens with zero attached hydrogens (tertiary/aromatic N) is 1. The molecule has 0 aromatic heterocycles. The molecule has 5 nitrogen and oxygen atoms in total. The Bertz CT molecular complexity index is 425. The molecular weight excluding hydrogens is 232 g/mol. The van der Waals surface area contributed by atoms with Gasteiger partial charge in [0.1, 0.15) is 6.04 Å². The van der Waals surface area contributed by atoms with Gasteiger partial charge in [0, 0.05) is 6.54 Å². The van der Waals surface area contributed by atoms with Gasteiger partial charge >= 0.3 is 5.97 Å². The van der Waals surface area contributed by atoms with Crippen LogP contribution < -0.4 is 5.73 Å². The maximum absolute atomic E-state index is 11.4. The van der Waals surface area contributed by atoms with Crippen molar-refractivity contribution < 1.29 is 14.7 Å². The van der Waals surface area contributed by atoms with Crippen LogP contribution in [0.1, 0.15) is 18.4 Å². The Balaban J connectivity index is 2.19. The molecule has 5 heteroatoms. The molecule has 2 atom stereocenters. The van der Waals surface area contributed by atoms with Gasteiger partial charge in [0.25, 0.3) is 0 Å². The molecule has 1 aliphatic rings.